The van der Waals surface area contributed by atoms with Crippen molar-refractivity contribution in [2.75, 3.05) is 0 Å². The average molecular weight is 312 g/mol. The second kappa shape index (κ2) is 4.55. The summed E-state index contributed by atoms with van der Waals surface area (Å²) in [7, 11) is -1.77. The number of epoxide rings is 1. The second-order valence-corrected chi connectivity index (χ2v) is 12.8. The summed E-state index contributed by atoms with van der Waals surface area (Å²) in [4.78, 5) is 12.1. The molecular formula is C16H28O4Si. The molecule has 1 aliphatic heterocycles. The van der Waals surface area contributed by atoms with Gasteiger partial charge >= 0.3 is 5.97 Å². The first-order chi connectivity index (χ1) is 9.63. The van der Waals surface area contributed by atoms with Gasteiger partial charge in [-0.1, -0.05) is 19.8 Å². The first-order valence-electron chi connectivity index (χ1n) is 8.22. The van der Waals surface area contributed by atoms with Crippen LogP contribution in [0.5, 0.6) is 0 Å². The van der Waals surface area contributed by atoms with Crippen LogP contribution in [0.15, 0.2) is 0 Å². The summed E-state index contributed by atoms with van der Waals surface area (Å²) in [6.07, 6.45) is 4.32. The highest BCUT2D eigenvalue weighted by molar-refractivity contribution is 6.69. The molecule has 1 N–H and O–H groups in total. The van der Waals surface area contributed by atoms with Crippen molar-refractivity contribution >= 4 is 14.3 Å². The monoisotopic (exact) mass is 312 g/mol. The van der Waals surface area contributed by atoms with Crippen LogP contribution in [-0.4, -0.2) is 37.2 Å². The van der Waals surface area contributed by atoms with Crippen molar-refractivity contribution in [2.45, 2.75) is 77.0 Å². The molecule has 0 bridgehead atoms. The summed E-state index contributed by atoms with van der Waals surface area (Å²) < 4.78 is 12.7. The molecule has 0 spiro atoms. The molecule has 3 rings (SSSR count). The lowest BCUT2D eigenvalue weighted by Crippen LogP contribution is -2.65. The number of ether oxygens (including phenoxy) is 1. The van der Waals surface area contributed by atoms with Crippen LogP contribution in [-0.2, 0) is 14.0 Å². The van der Waals surface area contributed by atoms with E-state index >= 15 is 0 Å². The molecule has 1 heterocycles. The third kappa shape index (κ3) is 2.12. The summed E-state index contributed by atoms with van der Waals surface area (Å²) in [5.74, 6) is -0.553. The van der Waals surface area contributed by atoms with Crippen LogP contribution >= 0.6 is 0 Å². The van der Waals surface area contributed by atoms with E-state index in [0.29, 0.717) is 0 Å². The van der Waals surface area contributed by atoms with Gasteiger partial charge in [-0.2, -0.15) is 0 Å². The Morgan fingerprint density at radius 3 is 2.57 bits per heavy atom. The van der Waals surface area contributed by atoms with E-state index in [9.17, 15) is 9.90 Å². The van der Waals surface area contributed by atoms with Gasteiger partial charge in [-0.15, -0.1) is 0 Å². The summed E-state index contributed by atoms with van der Waals surface area (Å²) >= 11 is 0. The third-order valence-electron chi connectivity index (χ3n) is 6.03. The zero-order valence-corrected chi connectivity index (χ0v) is 14.8. The van der Waals surface area contributed by atoms with Crippen LogP contribution in [0.25, 0.3) is 0 Å². The van der Waals surface area contributed by atoms with Gasteiger partial charge in [0.05, 0.1) is 17.1 Å². The van der Waals surface area contributed by atoms with Gasteiger partial charge in [0.1, 0.15) is 6.10 Å². The molecule has 21 heavy (non-hydrogen) atoms. The molecule has 0 aromatic heterocycles. The third-order valence-corrected chi connectivity index (χ3v) is 7.02. The average Bonchev–Trinajstić information content (AvgIpc) is 3.15. The highest BCUT2D eigenvalue weighted by Gasteiger charge is 2.73. The van der Waals surface area contributed by atoms with Gasteiger partial charge in [0.2, 0.25) is 0 Å². The predicted octanol–water partition coefficient (Wildman–Crippen LogP) is 3.27. The molecule has 2 aliphatic carbocycles. The Kier molecular flexibility index (Phi) is 3.36. The number of carboxylic acids is 1. The van der Waals surface area contributed by atoms with Crippen molar-refractivity contribution in [1.29, 1.82) is 0 Å². The number of carboxylic acid groups (broad SMARTS) is 1. The van der Waals surface area contributed by atoms with Crippen molar-refractivity contribution in [3.63, 3.8) is 0 Å². The van der Waals surface area contributed by atoms with Gasteiger partial charge in [0.25, 0.3) is 0 Å². The van der Waals surface area contributed by atoms with Gasteiger partial charge in [0.15, 0.2) is 8.32 Å². The first kappa shape index (κ1) is 15.5. The van der Waals surface area contributed by atoms with Crippen molar-refractivity contribution in [1.82, 2.24) is 0 Å². The highest BCUT2D eigenvalue weighted by atomic mass is 28.4. The molecule has 120 valence electrons. The lowest BCUT2D eigenvalue weighted by atomic mass is 9.52. The van der Waals surface area contributed by atoms with Crippen molar-refractivity contribution in [3.8, 4) is 0 Å². The lowest BCUT2D eigenvalue weighted by molar-refractivity contribution is -0.176. The van der Waals surface area contributed by atoms with Crippen molar-refractivity contribution in [2.24, 2.45) is 17.3 Å². The zero-order chi connectivity index (χ0) is 15.6. The van der Waals surface area contributed by atoms with Crippen LogP contribution in [0.4, 0.5) is 0 Å². The molecule has 0 aromatic rings. The van der Waals surface area contributed by atoms with E-state index < -0.39 is 19.7 Å². The summed E-state index contributed by atoms with van der Waals surface area (Å²) in [6.45, 7) is 10.6. The normalized spacial score (nSPS) is 49.2. The fraction of sp³-hybridized carbons (Fsp3) is 0.938. The minimum atomic E-state index is -1.77. The summed E-state index contributed by atoms with van der Waals surface area (Å²) in [5.41, 5.74) is -1.09. The maximum atomic E-state index is 12.1. The van der Waals surface area contributed by atoms with Gasteiger partial charge in [-0.25, -0.2) is 0 Å². The van der Waals surface area contributed by atoms with Crippen molar-refractivity contribution < 1.29 is 19.1 Å². The van der Waals surface area contributed by atoms with Crippen LogP contribution in [0.1, 0.15) is 39.5 Å². The molecule has 0 radical (unpaired) electrons. The fourth-order valence-electron chi connectivity index (χ4n) is 4.97. The topological polar surface area (TPSA) is 59.1 Å². The summed E-state index contributed by atoms with van der Waals surface area (Å²) in [5, 5.41) is 9.96. The van der Waals surface area contributed by atoms with Crippen molar-refractivity contribution in [3.05, 3.63) is 0 Å². The number of carbonyl (C=O) groups is 1. The molecule has 0 aromatic carbocycles. The zero-order valence-electron chi connectivity index (χ0n) is 13.8. The molecule has 3 fully saturated rings. The van der Waals surface area contributed by atoms with Crippen LogP contribution in [0, 0.1) is 17.3 Å². The Balaban J connectivity index is 2.06. The quantitative estimate of drug-likeness (QED) is 0.642. The SMILES string of the molecule is C[C@@H]1[C@H]2O[C@H]2[C@]2(O[Si](C)(C)C)CCCC[C@H]2[C@]1(C)C(=O)O. The largest absolute Gasteiger partial charge is 0.481 e. The maximum absolute atomic E-state index is 12.1. The van der Waals surface area contributed by atoms with Gasteiger partial charge in [-0.3, -0.25) is 4.79 Å². The van der Waals surface area contributed by atoms with E-state index in [-0.39, 0.29) is 29.6 Å². The highest BCUT2D eigenvalue weighted by Crippen LogP contribution is 2.64. The van der Waals surface area contributed by atoms with Gasteiger partial charge in [0, 0.05) is 11.8 Å². The molecule has 2 saturated carbocycles. The predicted molar refractivity (Wildman–Crippen MR) is 82.7 cm³/mol. The van der Waals surface area contributed by atoms with E-state index in [2.05, 4.69) is 19.6 Å². The van der Waals surface area contributed by atoms with Crippen LogP contribution in [0.2, 0.25) is 19.6 Å². The minimum absolute atomic E-state index is 0.0569. The molecule has 0 unspecified atom stereocenters. The summed E-state index contributed by atoms with van der Waals surface area (Å²) in [6, 6.07) is 0. The minimum Gasteiger partial charge on any atom is -0.481 e. The number of rotatable bonds is 3. The molecular weight excluding hydrogens is 284 g/mol. The van der Waals surface area contributed by atoms with E-state index in [4.69, 9.17) is 9.16 Å². The number of hydrogen-bond acceptors (Lipinski definition) is 3. The number of fused-ring (bicyclic) bond motifs is 3. The Hall–Kier alpha value is -0.393. The second-order valence-electron chi connectivity index (χ2n) is 8.37. The van der Waals surface area contributed by atoms with E-state index in [0.717, 1.165) is 25.7 Å². The standard InChI is InChI=1S/C16H28O4Si/c1-10-12-13(19-12)16(20-21(3,4)5)9-7-6-8-11(16)15(10,2)14(17)18/h10-13H,6-9H2,1-5H3,(H,17,18)/t10-,11+,12-,13-,15-,16+/m1/s1. The van der Waals surface area contributed by atoms with Crippen LogP contribution in [0.3, 0.4) is 0 Å². The molecule has 5 heteroatoms. The van der Waals surface area contributed by atoms with E-state index in [1.54, 1.807) is 0 Å². The van der Waals surface area contributed by atoms with E-state index in [1.807, 2.05) is 13.8 Å². The Bertz CT molecular complexity index is 460. The van der Waals surface area contributed by atoms with E-state index in [1.165, 1.54) is 0 Å². The molecule has 1 saturated heterocycles. The fourth-order valence-corrected chi connectivity index (χ4v) is 6.47. The van der Waals surface area contributed by atoms with Gasteiger partial charge in [-0.05, 0) is 39.4 Å². The van der Waals surface area contributed by atoms with Gasteiger partial charge < -0.3 is 14.3 Å². The molecule has 0 amide bonds. The smallest absolute Gasteiger partial charge is 0.310 e. The molecule has 3 aliphatic rings. The number of hydrogen-bond donors (Lipinski definition) is 1. The molecule has 6 atom stereocenters. The Morgan fingerprint density at radius 2 is 2.00 bits per heavy atom. The molecule has 4 nitrogen and oxygen atoms in total. The Labute approximate surface area is 128 Å². The first-order valence-corrected chi connectivity index (χ1v) is 11.6. The Morgan fingerprint density at radius 1 is 1.33 bits per heavy atom. The maximum Gasteiger partial charge on any atom is 0.310 e. The number of aliphatic carboxylic acids is 1. The van der Waals surface area contributed by atoms with Crippen LogP contribution < -0.4 is 0 Å². The lowest BCUT2D eigenvalue weighted by Gasteiger charge is -2.56.